The van der Waals surface area contributed by atoms with E-state index in [1.165, 1.54) is 0 Å². The molecule has 1 aliphatic heterocycles. The Balaban J connectivity index is 2.80. The van der Waals surface area contributed by atoms with Crippen molar-refractivity contribution in [2.75, 3.05) is 13.1 Å². The van der Waals surface area contributed by atoms with Crippen LogP contribution in [0, 0.1) is 11.3 Å². The molecule has 1 N–H and O–H groups in total. The maximum Gasteiger partial charge on any atom is 0.309 e. The molecule has 0 aliphatic carbocycles. The fraction of sp³-hybridized carbons (Fsp3) is 0.929. The van der Waals surface area contributed by atoms with Crippen molar-refractivity contribution < 1.29 is 9.90 Å². The maximum absolute atomic E-state index is 11.4. The van der Waals surface area contributed by atoms with Gasteiger partial charge in [0.15, 0.2) is 0 Å². The average molecular weight is 241 g/mol. The first kappa shape index (κ1) is 14.5. The van der Waals surface area contributed by atoms with E-state index >= 15 is 0 Å². The first-order valence-electron chi connectivity index (χ1n) is 6.78. The summed E-state index contributed by atoms with van der Waals surface area (Å²) in [5.41, 5.74) is -0.313. The Hall–Kier alpha value is -0.570. The van der Waals surface area contributed by atoms with E-state index in [-0.39, 0.29) is 11.5 Å². The van der Waals surface area contributed by atoms with Crippen LogP contribution in [0.4, 0.5) is 0 Å². The van der Waals surface area contributed by atoms with Gasteiger partial charge in [-0.2, -0.15) is 0 Å². The monoisotopic (exact) mass is 241 g/mol. The number of carbonyl (C=O) groups is 1. The van der Waals surface area contributed by atoms with Crippen LogP contribution < -0.4 is 0 Å². The minimum absolute atomic E-state index is 0.214. The van der Waals surface area contributed by atoms with Crippen LogP contribution in [0.15, 0.2) is 0 Å². The molecule has 0 saturated carbocycles. The van der Waals surface area contributed by atoms with Crippen LogP contribution in [0.1, 0.15) is 53.9 Å². The zero-order valence-electron chi connectivity index (χ0n) is 11.9. The normalized spacial score (nSPS) is 31.5. The van der Waals surface area contributed by atoms with E-state index in [0.29, 0.717) is 0 Å². The molecule has 0 aromatic carbocycles. The van der Waals surface area contributed by atoms with Crippen LogP contribution in [0.5, 0.6) is 0 Å². The molecule has 2 atom stereocenters. The lowest BCUT2D eigenvalue weighted by Crippen LogP contribution is -2.56. The number of aliphatic carboxylic acids is 1. The molecule has 1 saturated heterocycles. The molecular weight excluding hydrogens is 214 g/mol. The van der Waals surface area contributed by atoms with Gasteiger partial charge in [0, 0.05) is 12.1 Å². The van der Waals surface area contributed by atoms with Crippen molar-refractivity contribution in [3.05, 3.63) is 0 Å². The maximum atomic E-state index is 11.4. The van der Waals surface area contributed by atoms with Gasteiger partial charge in [-0.1, -0.05) is 20.8 Å². The Morgan fingerprint density at radius 2 is 2.00 bits per heavy atom. The molecule has 0 aromatic heterocycles. The van der Waals surface area contributed by atoms with Crippen molar-refractivity contribution in [2.45, 2.75) is 59.4 Å². The number of hydrogen-bond donors (Lipinski definition) is 1. The first-order valence-corrected chi connectivity index (χ1v) is 6.78. The Bertz CT molecular complexity index is 286. The zero-order valence-corrected chi connectivity index (χ0v) is 11.9. The third-order valence-electron chi connectivity index (χ3n) is 5.26. The number of rotatable bonds is 4. The molecule has 1 rings (SSSR count). The number of hydrogen-bond acceptors (Lipinski definition) is 2. The first-order chi connectivity index (χ1) is 7.80. The molecule has 1 heterocycles. The van der Waals surface area contributed by atoms with Gasteiger partial charge in [0.1, 0.15) is 0 Å². The summed E-state index contributed by atoms with van der Waals surface area (Å²) in [6.07, 6.45) is 3.01. The standard InChI is InChI=1S/C14H27NO2/c1-6-13(4,7-2)15-9-8-14(5,12(16)17)11(3)10-15/h11H,6-10H2,1-5H3,(H,16,17)/t11-,14-/m0/s1. The van der Waals surface area contributed by atoms with Crippen molar-refractivity contribution in [1.82, 2.24) is 4.90 Å². The number of likely N-dealkylation sites (tertiary alicyclic amines) is 1. The molecule has 0 radical (unpaired) electrons. The van der Waals surface area contributed by atoms with Crippen molar-refractivity contribution in [1.29, 1.82) is 0 Å². The van der Waals surface area contributed by atoms with E-state index in [0.717, 1.165) is 32.4 Å². The lowest BCUT2D eigenvalue weighted by Gasteiger charge is -2.49. The third-order valence-corrected chi connectivity index (χ3v) is 5.26. The van der Waals surface area contributed by atoms with E-state index in [1.54, 1.807) is 0 Å². The van der Waals surface area contributed by atoms with Gasteiger partial charge in [0.05, 0.1) is 5.41 Å². The van der Waals surface area contributed by atoms with Gasteiger partial charge < -0.3 is 5.11 Å². The van der Waals surface area contributed by atoms with Crippen molar-refractivity contribution >= 4 is 5.97 Å². The largest absolute Gasteiger partial charge is 0.481 e. The second-order valence-electron chi connectivity index (χ2n) is 6.02. The quantitative estimate of drug-likeness (QED) is 0.822. The molecule has 3 nitrogen and oxygen atoms in total. The predicted octanol–water partition coefficient (Wildman–Crippen LogP) is 3.00. The Kier molecular flexibility index (Phi) is 4.23. The second-order valence-corrected chi connectivity index (χ2v) is 6.02. The molecule has 1 fully saturated rings. The summed E-state index contributed by atoms with van der Waals surface area (Å²) in [5.74, 6) is -0.425. The fourth-order valence-corrected chi connectivity index (χ4v) is 2.74. The topological polar surface area (TPSA) is 40.5 Å². The number of piperidine rings is 1. The Labute approximate surface area is 105 Å². The van der Waals surface area contributed by atoms with Crippen LogP contribution in [0.25, 0.3) is 0 Å². The Morgan fingerprint density at radius 1 is 1.47 bits per heavy atom. The minimum atomic E-state index is -0.639. The summed E-state index contributed by atoms with van der Waals surface area (Å²) in [7, 11) is 0. The Morgan fingerprint density at radius 3 is 2.35 bits per heavy atom. The summed E-state index contributed by atoms with van der Waals surface area (Å²) in [6.45, 7) is 12.5. The van der Waals surface area contributed by atoms with E-state index in [2.05, 4.69) is 32.6 Å². The summed E-state index contributed by atoms with van der Waals surface area (Å²) < 4.78 is 0. The van der Waals surface area contributed by atoms with E-state index in [9.17, 15) is 9.90 Å². The molecular formula is C14H27NO2. The molecule has 0 spiro atoms. The highest BCUT2D eigenvalue weighted by molar-refractivity contribution is 5.74. The molecule has 1 aliphatic rings. The smallest absolute Gasteiger partial charge is 0.309 e. The van der Waals surface area contributed by atoms with Crippen molar-refractivity contribution in [2.24, 2.45) is 11.3 Å². The van der Waals surface area contributed by atoms with Gasteiger partial charge in [-0.15, -0.1) is 0 Å². The van der Waals surface area contributed by atoms with Gasteiger partial charge in [-0.05, 0) is 45.6 Å². The second kappa shape index (κ2) is 4.97. The number of carboxylic acids is 1. The molecule has 0 bridgehead atoms. The fourth-order valence-electron chi connectivity index (χ4n) is 2.74. The summed E-state index contributed by atoms with van der Waals surface area (Å²) >= 11 is 0. The zero-order chi connectivity index (χ0) is 13.3. The summed E-state index contributed by atoms with van der Waals surface area (Å²) in [4.78, 5) is 13.9. The summed E-state index contributed by atoms with van der Waals surface area (Å²) in [5, 5.41) is 9.35. The molecule has 17 heavy (non-hydrogen) atoms. The number of carboxylic acid groups (broad SMARTS) is 1. The molecule has 100 valence electrons. The minimum Gasteiger partial charge on any atom is -0.481 e. The van der Waals surface area contributed by atoms with Crippen LogP contribution in [0.2, 0.25) is 0 Å². The molecule has 3 heteroatoms. The summed E-state index contributed by atoms with van der Waals surface area (Å²) in [6, 6.07) is 0. The lowest BCUT2D eigenvalue weighted by atomic mass is 9.71. The van der Waals surface area contributed by atoms with Gasteiger partial charge in [-0.3, -0.25) is 9.69 Å². The number of nitrogens with zero attached hydrogens (tertiary/aromatic N) is 1. The highest BCUT2D eigenvalue weighted by Gasteiger charge is 2.45. The van der Waals surface area contributed by atoms with Crippen molar-refractivity contribution in [3.63, 3.8) is 0 Å². The van der Waals surface area contributed by atoms with Gasteiger partial charge in [0.2, 0.25) is 0 Å². The van der Waals surface area contributed by atoms with E-state index < -0.39 is 11.4 Å². The van der Waals surface area contributed by atoms with Crippen LogP contribution in [0.3, 0.4) is 0 Å². The van der Waals surface area contributed by atoms with Gasteiger partial charge in [-0.25, -0.2) is 0 Å². The van der Waals surface area contributed by atoms with Crippen LogP contribution in [-0.4, -0.2) is 34.6 Å². The van der Waals surface area contributed by atoms with E-state index in [4.69, 9.17) is 0 Å². The average Bonchev–Trinajstić information content (AvgIpc) is 2.31. The van der Waals surface area contributed by atoms with E-state index in [1.807, 2.05) is 6.92 Å². The highest BCUT2D eigenvalue weighted by Crippen LogP contribution is 2.39. The van der Waals surface area contributed by atoms with Gasteiger partial charge >= 0.3 is 5.97 Å². The highest BCUT2D eigenvalue weighted by atomic mass is 16.4. The van der Waals surface area contributed by atoms with Gasteiger partial charge in [0.25, 0.3) is 0 Å². The SMILES string of the molecule is CCC(C)(CC)N1CC[C@](C)(C(=O)O)[C@@H](C)C1. The molecule has 0 unspecified atom stereocenters. The third kappa shape index (κ3) is 2.49. The lowest BCUT2D eigenvalue weighted by molar-refractivity contribution is -0.156. The predicted molar refractivity (Wildman–Crippen MR) is 70.1 cm³/mol. The van der Waals surface area contributed by atoms with Crippen LogP contribution >= 0.6 is 0 Å². The molecule has 0 amide bonds. The molecule has 0 aromatic rings. The van der Waals surface area contributed by atoms with Crippen LogP contribution in [-0.2, 0) is 4.79 Å². The van der Waals surface area contributed by atoms with Crippen molar-refractivity contribution in [3.8, 4) is 0 Å².